The lowest BCUT2D eigenvalue weighted by Crippen LogP contribution is -2.31. The Balaban J connectivity index is 1.77. The van der Waals surface area contributed by atoms with E-state index < -0.39 is 10.0 Å². The van der Waals surface area contributed by atoms with Crippen LogP contribution in [-0.4, -0.2) is 31.4 Å². The van der Waals surface area contributed by atoms with Gasteiger partial charge < -0.3 is 4.90 Å². The van der Waals surface area contributed by atoms with Crippen LogP contribution >= 0.6 is 0 Å². The molecular formula is C14H16N4O2S. The molecule has 3 rings (SSSR count). The van der Waals surface area contributed by atoms with Crippen molar-refractivity contribution in [2.75, 3.05) is 22.4 Å². The van der Waals surface area contributed by atoms with Crippen molar-refractivity contribution in [1.29, 1.82) is 0 Å². The largest absolute Gasteiger partial charge is 0.350 e. The number of hydrogen-bond donors (Lipinski definition) is 1. The fraction of sp³-hybridized carbons (Fsp3) is 0.286. The molecule has 110 valence electrons. The Hall–Kier alpha value is -2.15. The third-order valence-corrected chi connectivity index (χ3v) is 3.98. The molecule has 7 heteroatoms. The normalized spacial score (nSPS) is 14.6. The number of anilines is 2. The first kappa shape index (κ1) is 13.8. The Labute approximate surface area is 123 Å². The lowest BCUT2D eigenvalue weighted by atomic mass is 10.00. The lowest BCUT2D eigenvalue weighted by molar-refractivity contribution is 0.606. The molecule has 1 aromatic carbocycles. The van der Waals surface area contributed by atoms with Crippen molar-refractivity contribution < 1.29 is 8.42 Å². The topological polar surface area (TPSA) is 75.2 Å². The second-order valence-electron chi connectivity index (χ2n) is 5.09. The summed E-state index contributed by atoms with van der Waals surface area (Å²) >= 11 is 0. The summed E-state index contributed by atoms with van der Waals surface area (Å²) < 4.78 is 24.6. The first-order valence-electron chi connectivity index (χ1n) is 6.64. The van der Waals surface area contributed by atoms with Gasteiger partial charge in [-0.25, -0.2) is 8.42 Å². The number of sulfonamides is 1. The molecule has 1 aromatic heterocycles. The summed E-state index contributed by atoms with van der Waals surface area (Å²) in [7, 11) is -3.32. The fourth-order valence-corrected chi connectivity index (χ4v) is 2.92. The van der Waals surface area contributed by atoms with Crippen molar-refractivity contribution in [3.05, 3.63) is 47.5 Å². The van der Waals surface area contributed by atoms with Crippen molar-refractivity contribution in [3.63, 3.8) is 0 Å². The first-order valence-corrected chi connectivity index (χ1v) is 8.54. The van der Waals surface area contributed by atoms with Gasteiger partial charge in [-0.1, -0.05) is 24.3 Å². The molecule has 0 radical (unpaired) electrons. The maximum Gasteiger partial charge on any atom is 0.231 e. The van der Waals surface area contributed by atoms with E-state index in [9.17, 15) is 8.42 Å². The zero-order valence-corrected chi connectivity index (χ0v) is 12.5. The van der Waals surface area contributed by atoms with Crippen LogP contribution in [0.15, 0.2) is 36.4 Å². The van der Waals surface area contributed by atoms with Gasteiger partial charge in [0.1, 0.15) is 0 Å². The number of aromatic nitrogens is 2. The molecule has 0 amide bonds. The molecule has 0 unspecified atom stereocenters. The highest BCUT2D eigenvalue weighted by Crippen LogP contribution is 2.22. The lowest BCUT2D eigenvalue weighted by Gasteiger charge is -2.29. The van der Waals surface area contributed by atoms with Crippen LogP contribution in [-0.2, 0) is 23.0 Å². The van der Waals surface area contributed by atoms with Crippen LogP contribution in [0.25, 0.3) is 0 Å². The highest BCUT2D eigenvalue weighted by atomic mass is 32.2. The van der Waals surface area contributed by atoms with Gasteiger partial charge in [-0.3, -0.25) is 4.72 Å². The predicted octanol–water partition coefficient (Wildman–Crippen LogP) is 1.41. The highest BCUT2D eigenvalue weighted by Gasteiger charge is 2.17. The van der Waals surface area contributed by atoms with Crippen molar-refractivity contribution in [2.45, 2.75) is 13.0 Å². The van der Waals surface area contributed by atoms with Gasteiger partial charge in [0, 0.05) is 13.1 Å². The summed E-state index contributed by atoms with van der Waals surface area (Å²) in [6.07, 6.45) is 2.06. The fourth-order valence-electron chi connectivity index (χ4n) is 2.43. The van der Waals surface area contributed by atoms with E-state index in [-0.39, 0.29) is 5.82 Å². The van der Waals surface area contributed by atoms with Crippen molar-refractivity contribution in [2.24, 2.45) is 0 Å². The van der Waals surface area contributed by atoms with E-state index in [2.05, 4.69) is 38.0 Å². The molecular weight excluding hydrogens is 288 g/mol. The Morgan fingerprint density at radius 1 is 1.10 bits per heavy atom. The summed E-state index contributed by atoms with van der Waals surface area (Å²) in [5.41, 5.74) is 2.67. The average Bonchev–Trinajstić information content (AvgIpc) is 2.46. The molecule has 0 saturated carbocycles. The standard InChI is InChI=1S/C14H16N4O2S/c1-21(19,20)17-13-6-7-14(16-15-13)18-9-8-11-4-2-3-5-12(11)10-18/h2-7H,8-10H2,1H3,(H,15,17). The van der Waals surface area contributed by atoms with Crippen molar-refractivity contribution in [3.8, 4) is 0 Å². The molecule has 2 aromatic rings. The molecule has 6 nitrogen and oxygen atoms in total. The van der Waals surface area contributed by atoms with Crippen LogP contribution < -0.4 is 9.62 Å². The molecule has 0 atom stereocenters. The second kappa shape index (κ2) is 5.33. The Morgan fingerprint density at radius 3 is 2.52 bits per heavy atom. The van der Waals surface area contributed by atoms with Crippen LogP contribution in [0.1, 0.15) is 11.1 Å². The Morgan fingerprint density at radius 2 is 1.86 bits per heavy atom. The van der Waals surface area contributed by atoms with Gasteiger partial charge in [-0.05, 0) is 29.7 Å². The third kappa shape index (κ3) is 3.30. The third-order valence-electron chi connectivity index (χ3n) is 3.40. The molecule has 1 aliphatic heterocycles. The van der Waals surface area contributed by atoms with E-state index in [0.29, 0.717) is 0 Å². The Kier molecular flexibility index (Phi) is 3.50. The zero-order valence-electron chi connectivity index (χ0n) is 11.7. The summed E-state index contributed by atoms with van der Waals surface area (Å²) in [6, 6.07) is 11.8. The van der Waals surface area contributed by atoms with Crippen LogP contribution in [0, 0.1) is 0 Å². The molecule has 1 N–H and O–H groups in total. The number of nitrogens with one attached hydrogen (secondary N) is 1. The zero-order chi connectivity index (χ0) is 14.9. The summed E-state index contributed by atoms with van der Waals surface area (Å²) in [5, 5.41) is 8.02. The van der Waals surface area contributed by atoms with Crippen LogP contribution in [0.2, 0.25) is 0 Å². The van der Waals surface area contributed by atoms with Gasteiger partial charge >= 0.3 is 0 Å². The minimum Gasteiger partial charge on any atom is -0.350 e. The number of fused-ring (bicyclic) bond motifs is 1. The van der Waals surface area contributed by atoms with Crippen LogP contribution in [0.5, 0.6) is 0 Å². The van der Waals surface area contributed by atoms with Crippen LogP contribution in [0.4, 0.5) is 11.6 Å². The van der Waals surface area contributed by atoms with Gasteiger partial charge in [0.2, 0.25) is 10.0 Å². The predicted molar refractivity (Wildman–Crippen MR) is 81.7 cm³/mol. The summed E-state index contributed by atoms with van der Waals surface area (Å²) in [6.45, 7) is 1.67. The van der Waals surface area contributed by atoms with E-state index in [1.54, 1.807) is 12.1 Å². The second-order valence-corrected chi connectivity index (χ2v) is 6.84. The molecule has 21 heavy (non-hydrogen) atoms. The number of hydrogen-bond acceptors (Lipinski definition) is 5. The summed E-state index contributed by atoms with van der Waals surface area (Å²) in [4.78, 5) is 2.14. The molecule has 0 spiro atoms. The van der Waals surface area contributed by atoms with E-state index in [0.717, 1.165) is 31.6 Å². The maximum atomic E-state index is 11.1. The molecule has 0 fully saturated rings. The summed E-state index contributed by atoms with van der Waals surface area (Å²) in [5.74, 6) is 0.988. The van der Waals surface area contributed by atoms with Gasteiger partial charge in [-0.15, -0.1) is 10.2 Å². The van der Waals surface area contributed by atoms with Crippen molar-refractivity contribution in [1.82, 2.24) is 10.2 Å². The number of nitrogens with zero attached hydrogens (tertiary/aromatic N) is 3. The Bertz CT molecular complexity index is 744. The van der Waals surface area contributed by atoms with E-state index >= 15 is 0 Å². The van der Waals surface area contributed by atoms with Crippen molar-refractivity contribution >= 4 is 21.7 Å². The SMILES string of the molecule is CS(=O)(=O)Nc1ccc(N2CCc3ccccc3C2)nn1. The highest BCUT2D eigenvalue weighted by molar-refractivity contribution is 7.92. The van der Waals surface area contributed by atoms with Gasteiger partial charge in [0.25, 0.3) is 0 Å². The molecule has 0 saturated heterocycles. The van der Waals surface area contributed by atoms with E-state index in [4.69, 9.17) is 0 Å². The molecule has 1 aliphatic rings. The first-order chi connectivity index (χ1) is 10.0. The van der Waals surface area contributed by atoms with E-state index in [1.807, 2.05) is 6.07 Å². The minimum atomic E-state index is -3.32. The number of benzene rings is 1. The minimum absolute atomic E-state index is 0.235. The molecule has 0 bridgehead atoms. The van der Waals surface area contributed by atoms with Gasteiger partial charge in [0.05, 0.1) is 6.26 Å². The number of rotatable bonds is 3. The van der Waals surface area contributed by atoms with Crippen LogP contribution in [0.3, 0.4) is 0 Å². The van der Waals surface area contributed by atoms with Gasteiger partial charge in [0.15, 0.2) is 11.6 Å². The average molecular weight is 304 g/mol. The molecule has 2 heterocycles. The van der Waals surface area contributed by atoms with E-state index in [1.165, 1.54) is 11.1 Å². The maximum absolute atomic E-state index is 11.1. The smallest absolute Gasteiger partial charge is 0.231 e. The monoisotopic (exact) mass is 304 g/mol. The molecule has 0 aliphatic carbocycles. The van der Waals surface area contributed by atoms with Gasteiger partial charge in [-0.2, -0.15) is 0 Å². The quantitative estimate of drug-likeness (QED) is 0.928.